The molecule has 0 aliphatic carbocycles. The Bertz CT molecular complexity index is 841. The monoisotopic (exact) mass is 400 g/mol. The molecular weight excluding hydrogens is 380 g/mol. The van der Waals surface area contributed by atoms with E-state index in [2.05, 4.69) is 5.32 Å². The molecule has 1 unspecified atom stereocenters. The minimum atomic E-state index is -1.11. The summed E-state index contributed by atoms with van der Waals surface area (Å²) < 4.78 is 5.76. The van der Waals surface area contributed by atoms with Gasteiger partial charge in [-0.05, 0) is 48.0 Å². The lowest BCUT2D eigenvalue weighted by molar-refractivity contribution is -0.135. The zero-order valence-electron chi connectivity index (χ0n) is 15.0. The zero-order valence-corrected chi connectivity index (χ0v) is 15.9. The van der Waals surface area contributed by atoms with Crippen LogP contribution in [0.25, 0.3) is 0 Å². The molecule has 8 heteroatoms. The molecule has 1 fully saturated rings. The van der Waals surface area contributed by atoms with E-state index in [1.807, 2.05) is 54.6 Å². The lowest BCUT2D eigenvalue weighted by atomic mass is 10.2. The van der Waals surface area contributed by atoms with Gasteiger partial charge in [-0.2, -0.15) is 0 Å². The van der Waals surface area contributed by atoms with E-state index in [-0.39, 0.29) is 11.3 Å². The number of hydrogen-bond acceptors (Lipinski definition) is 5. The average molecular weight is 400 g/mol. The van der Waals surface area contributed by atoms with Crippen LogP contribution >= 0.6 is 11.8 Å². The van der Waals surface area contributed by atoms with Gasteiger partial charge in [0.1, 0.15) is 18.0 Å². The summed E-state index contributed by atoms with van der Waals surface area (Å²) >= 11 is 0.952. The van der Waals surface area contributed by atoms with Crippen molar-refractivity contribution in [1.29, 1.82) is 0 Å². The van der Waals surface area contributed by atoms with E-state index in [1.165, 1.54) is 0 Å². The van der Waals surface area contributed by atoms with E-state index in [4.69, 9.17) is 9.84 Å². The van der Waals surface area contributed by atoms with Crippen molar-refractivity contribution in [3.05, 3.63) is 60.2 Å². The second-order valence-electron chi connectivity index (χ2n) is 6.23. The number of rotatable bonds is 7. The summed E-state index contributed by atoms with van der Waals surface area (Å²) in [6, 6.07) is 16.9. The third-order valence-electron chi connectivity index (χ3n) is 4.16. The number of likely N-dealkylation sites (tertiary alicyclic amines) is 1. The Balaban J connectivity index is 1.58. The Kier molecular flexibility index (Phi) is 6.54. The highest BCUT2D eigenvalue weighted by Gasteiger charge is 2.33. The molecule has 1 saturated heterocycles. The molecule has 1 heterocycles. The Morgan fingerprint density at radius 1 is 1.11 bits per heavy atom. The summed E-state index contributed by atoms with van der Waals surface area (Å²) in [6.45, 7) is -0.0519. The molecule has 1 aliphatic rings. The van der Waals surface area contributed by atoms with Gasteiger partial charge in [-0.3, -0.25) is 14.4 Å². The summed E-state index contributed by atoms with van der Waals surface area (Å²) in [4.78, 5) is 36.3. The number of amides is 2. The quantitative estimate of drug-likeness (QED) is 0.739. The number of benzene rings is 2. The maximum Gasteiger partial charge on any atom is 0.323 e. The normalized spacial score (nSPS) is 16.1. The van der Waals surface area contributed by atoms with Crippen LogP contribution in [0.2, 0.25) is 0 Å². The van der Waals surface area contributed by atoms with Crippen molar-refractivity contribution in [2.45, 2.75) is 24.8 Å². The third kappa shape index (κ3) is 5.50. The van der Waals surface area contributed by atoms with Crippen molar-refractivity contribution < 1.29 is 24.2 Å². The minimum Gasteiger partial charge on any atom is -0.480 e. The SMILES string of the molecule is O=C(O)CNC(=O)SC1CCC(=O)N1Cc1ccc(Oc2ccccc2)cc1. The predicted octanol–water partition coefficient (Wildman–Crippen LogP) is 3.45. The Morgan fingerprint density at radius 2 is 1.79 bits per heavy atom. The van der Waals surface area contributed by atoms with Crippen LogP contribution in [0.15, 0.2) is 54.6 Å². The summed E-state index contributed by atoms with van der Waals surface area (Å²) in [5.41, 5.74) is 0.923. The Labute approximate surface area is 166 Å². The number of nitrogens with zero attached hydrogens (tertiary/aromatic N) is 1. The number of carboxylic acids is 1. The van der Waals surface area contributed by atoms with E-state index in [0.29, 0.717) is 25.1 Å². The van der Waals surface area contributed by atoms with Crippen LogP contribution in [0.1, 0.15) is 18.4 Å². The van der Waals surface area contributed by atoms with Crippen molar-refractivity contribution in [3.8, 4) is 11.5 Å². The highest BCUT2D eigenvalue weighted by atomic mass is 32.2. The molecular formula is C20H20N2O5S. The third-order valence-corrected chi connectivity index (χ3v) is 5.28. The largest absolute Gasteiger partial charge is 0.480 e. The molecule has 28 heavy (non-hydrogen) atoms. The first-order valence-electron chi connectivity index (χ1n) is 8.79. The molecule has 0 aromatic heterocycles. The molecule has 0 saturated carbocycles. The molecule has 7 nitrogen and oxygen atoms in total. The first-order valence-corrected chi connectivity index (χ1v) is 9.67. The number of carbonyl (C=O) groups excluding carboxylic acids is 2. The number of ether oxygens (including phenoxy) is 1. The van der Waals surface area contributed by atoms with Crippen LogP contribution in [0, 0.1) is 0 Å². The predicted molar refractivity (Wildman–Crippen MR) is 105 cm³/mol. The lowest BCUT2D eigenvalue weighted by Crippen LogP contribution is -2.34. The van der Waals surface area contributed by atoms with Crippen molar-refractivity contribution in [3.63, 3.8) is 0 Å². The van der Waals surface area contributed by atoms with Crippen LogP contribution in [-0.4, -0.2) is 39.0 Å². The number of thioether (sulfide) groups is 1. The van der Waals surface area contributed by atoms with E-state index in [1.54, 1.807) is 4.90 Å². The molecule has 2 amide bonds. The summed E-state index contributed by atoms with van der Waals surface area (Å²) in [5, 5.41) is 10.2. The number of carbonyl (C=O) groups is 3. The highest BCUT2D eigenvalue weighted by molar-refractivity contribution is 8.14. The fourth-order valence-corrected chi connectivity index (χ4v) is 3.77. The first-order chi connectivity index (χ1) is 13.5. The molecule has 2 aromatic rings. The lowest BCUT2D eigenvalue weighted by Gasteiger charge is -2.24. The van der Waals surface area contributed by atoms with Gasteiger partial charge in [-0.25, -0.2) is 0 Å². The number of para-hydroxylation sites is 1. The van der Waals surface area contributed by atoms with Crippen LogP contribution in [0.3, 0.4) is 0 Å². The van der Waals surface area contributed by atoms with Crippen LogP contribution in [0.4, 0.5) is 4.79 Å². The minimum absolute atomic E-state index is 0.0202. The first kappa shape index (κ1) is 19.8. The average Bonchev–Trinajstić information content (AvgIpc) is 3.02. The van der Waals surface area contributed by atoms with Gasteiger partial charge < -0.3 is 20.1 Å². The summed E-state index contributed by atoms with van der Waals surface area (Å²) in [5.74, 6) is 0.315. The smallest absolute Gasteiger partial charge is 0.323 e. The maximum atomic E-state index is 12.2. The molecule has 146 valence electrons. The van der Waals surface area contributed by atoms with Gasteiger partial charge >= 0.3 is 5.97 Å². The van der Waals surface area contributed by atoms with Gasteiger partial charge in [0.05, 0.1) is 5.37 Å². The van der Waals surface area contributed by atoms with E-state index in [9.17, 15) is 14.4 Å². The van der Waals surface area contributed by atoms with Gasteiger partial charge in [0, 0.05) is 13.0 Å². The van der Waals surface area contributed by atoms with Gasteiger partial charge in [-0.15, -0.1) is 0 Å². The van der Waals surface area contributed by atoms with Crippen molar-refractivity contribution in [1.82, 2.24) is 10.2 Å². The maximum absolute atomic E-state index is 12.2. The van der Waals surface area contributed by atoms with Crippen LogP contribution < -0.4 is 10.1 Å². The Hall–Kier alpha value is -3.00. The number of aliphatic carboxylic acids is 1. The highest BCUT2D eigenvalue weighted by Crippen LogP contribution is 2.30. The summed E-state index contributed by atoms with van der Waals surface area (Å²) in [7, 11) is 0. The van der Waals surface area contributed by atoms with E-state index < -0.39 is 17.8 Å². The van der Waals surface area contributed by atoms with Gasteiger partial charge in [-0.1, -0.05) is 30.3 Å². The van der Waals surface area contributed by atoms with Crippen LogP contribution in [-0.2, 0) is 16.1 Å². The molecule has 1 aliphatic heterocycles. The molecule has 0 spiro atoms. The van der Waals surface area contributed by atoms with Crippen molar-refractivity contribution in [2.75, 3.05) is 6.54 Å². The second-order valence-corrected chi connectivity index (χ2v) is 7.38. The van der Waals surface area contributed by atoms with E-state index >= 15 is 0 Å². The van der Waals surface area contributed by atoms with Gasteiger partial charge in [0.2, 0.25) is 5.91 Å². The standard InChI is InChI=1S/C20H20N2O5S/c23-17-10-11-18(28-20(26)21-12-19(24)25)22(17)13-14-6-8-16(9-7-14)27-15-4-2-1-3-5-15/h1-9,18H,10-13H2,(H,21,26)(H,24,25). The Morgan fingerprint density at radius 3 is 2.46 bits per heavy atom. The summed E-state index contributed by atoms with van der Waals surface area (Å²) in [6.07, 6.45) is 0.929. The van der Waals surface area contributed by atoms with Crippen molar-refractivity contribution >= 4 is 28.9 Å². The number of nitrogens with one attached hydrogen (secondary N) is 1. The second kappa shape index (κ2) is 9.27. The van der Waals surface area contributed by atoms with Crippen LogP contribution in [0.5, 0.6) is 11.5 Å². The number of hydrogen-bond donors (Lipinski definition) is 2. The fraction of sp³-hybridized carbons (Fsp3) is 0.250. The fourth-order valence-electron chi connectivity index (χ4n) is 2.82. The van der Waals surface area contributed by atoms with Gasteiger partial charge in [0.15, 0.2) is 0 Å². The molecule has 2 aromatic carbocycles. The zero-order chi connectivity index (χ0) is 19.9. The molecule has 0 bridgehead atoms. The van der Waals surface area contributed by atoms with E-state index in [0.717, 1.165) is 23.1 Å². The molecule has 3 rings (SSSR count). The topological polar surface area (TPSA) is 95.9 Å². The van der Waals surface area contributed by atoms with Gasteiger partial charge in [0.25, 0.3) is 5.24 Å². The van der Waals surface area contributed by atoms with Crippen molar-refractivity contribution in [2.24, 2.45) is 0 Å². The number of carboxylic acid groups (broad SMARTS) is 1. The molecule has 2 N–H and O–H groups in total. The molecule has 0 radical (unpaired) electrons. The molecule has 1 atom stereocenters.